The normalized spacial score (nSPS) is 11.1. The molecule has 0 radical (unpaired) electrons. The average molecular weight is 201 g/mol. The molecule has 1 aromatic rings. The van der Waals surface area contributed by atoms with Crippen LogP contribution in [0.15, 0.2) is 29.4 Å². The fourth-order valence-corrected chi connectivity index (χ4v) is 0.876. The number of oxime groups is 1. The number of halogens is 2. The molecule has 0 spiro atoms. The average Bonchev–Trinajstić information content (AvgIpc) is 2.17. The summed E-state index contributed by atoms with van der Waals surface area (Å²) in [6, 6.07) is 6.25. The second-order valence-electron chi connectivity index (χ2n) is 2.52. The van der Waals surface area contributed by atoms with E-state index in [-0.39, 0.29) is 0 Å². The van der Waals surface area contributed by atoms with Crippen molar-refractivity contribution in [2.75, 3.05) is 6.61 Å². The van der Waals surface area contributed by atoms with Gasteiger partial charge in [-0.25, -0.2) is 8.78 Å². The van der Waals surface area contributed by atoms with Crippen LogP contribution in [-0.2, 0) is 0 Å². The summed E-state index contributed by atoms with van der Waals surface area (Å²) < 4.78 is 28.2. The Kier molecular flexibility index (Phi) is 3.84. The SMILES string of the molecule is O/N=C/c1ccc(OCC(F)F)cc1. The molecule has 0 heterocycles. The predicted molar refractivity (Wildman–Crippen MR) is 47.3 cm³/mol. The number of ether oxygens (including phenoxy) is 1. The molecule has 1 N–H and O–H groups in total. The third kappa shape index (κ3) is 3.38. The van der Waals surface area contributed by atoms with Crippen LogP contribution in [0.3, 0.4) is 0 Å². The third-order valence-corrected chi connectivity index (χ3v) is 1.46. The summed E-state index contributed by atoms with van der Waals surface area (Å²) in [6.45, 7) is -0.618. The molecular formula is C9H9F2NO2. The van der Waals surface area contributed by atoms with Gasteiger partial charge >= 0.3 is 0 Å². The molecule has 0 aliphatic heterocycles. The Balaban J connectivity index is 2.55. The summed E-state index contributed by atoms with van der Waals surface area (Å²) >= 11 is 0. The van der Waals surface area contributed by atoms with Crippen molar-refractivity contribution >= 4 is 6.21 Å². The number of benzene rings is 1. The van der Waals surface area contributed by atoms with Gasteiger partial charge in [0.1, 0.15) is 12.4 Å². The second-order valence-corrected chi connectivity index (χ2v) is 2.52. The van der Waals surface area contributed by atoms with E-state index >= 15 is 0 Å². The Morgan fingerprint density at radius 3 is 2.50 bits per heavy atom. The van der Waals surface area contributed by atoms with Gasteiger partial charge < -0.3 is 9.94 Å². The quantitative estimate of drug-likeness (QED) is 0.460. The fourth-order valence-electron chi connectivity index (χ4n) is 0.876. The van der Waals surface area contributed by atoms with Gasteiger partial charge in [0.2, 0.25) is 0 Å². The minimum Gasteiger partial charge on any atom is -0.488 e. The number of hydrogen-bond acceptors (Lipinski definition) is 3. The van der Waals surface area contributed by atoms with Gasteiger partial charge in [0, 0.05) is 0 Å². The lowest BCUT2D eigenvalue weighted by Crippen LogP contribution is -2.06. The molecule has 0 saturated heterocycles. The van der Waals surface area contributed by atoms with Crippen LogP contribution in [0, 0.1) is 0 Å². The highest BCUT2D eigenvalue weighted by Gasteiger charge is 2.02. The summed E-state index contributed by atoms with van der Waals surface area (Å²) in [5.74, 6) is 0.361. The smallest absolute Gasteiger partial charge is 0.272 e. The Morgan fingerprint density at radius 2 is 2.00 bits per heavy atom. The van der Waals surface area contributed by atoms with Crippen LogP contribution in [-0.4, -0.2) is 24.5 Å². The van der Waals surface area contributed by atoms with E-state index in [0.717, 1.165) is 0 Å². The van der Waals surface area contributed by atoms with Crippen molar-refractivity contribution in [3.63, 3.8) is 0 Å². The van der Waals surface area contributed by atoms with Gasteiger partial charge in [-0.05, 0) is 29.8 Å². The highest BCUT2D eigenvalue weighted by molar-refractivity contribution is 5.79. The van der Waals surface area contributed by atoms with E-state index in [0.29, 0.717) is 11.3 Å². The number of nitrogens with zero attached hydrogens (tertiary/aromatic N) is 1. The van der Waals surface area contributed by atoms with E-state index in [2.05, 4.69) is 5.16 Å². The lowest BCUT2D eigenvalue weighted by Gasteiger charge is -2.04. The lowest BCUT2D eigenvalue weighted by molar-refractivity contribution is 0.0819. The molecule has 5 heteroatoms. The molecule has 0 bridgehead atoms. The van der Waals surface area contributed by atoms with Gasteiger partial charge in [-0.3, -0.25) is 0 Å². The summed E-state index contributed by atoms with van der Waals surface area (Å²) in [7, 11) is 0. The van der Waals surface area contributed by atoms with Crippen molar-refractivity contribution in [2.45, 2.75) is 6.43 Å². The second kappa shape index (κ2) is 5.16. The van der Waals surface area contributed by atoms with Crippen molar-refractivity contribution in [3.05, 3.63) is 29.8 Å². The molecule has 0 aliphatic rings. The molecule has 0 aromatic heterocycles. The van der Waals surface area contributed by atoms with Crippen molar-refractivity contribution in [1.82, 2.24) is 0 Å². The van der Waals surface area contributed by atoms with E-state index in [1.165, 1.54) is 18.3 Å². The molecule has 0 unspecified atom stereocenters. The largest absolute Gasteiger partial charge is 0.488 e. The summed E-state index contributed by atoms with van der Waals surface area (Å²) in [4.78, 5) is 0. The highest BCUT2D eigenvalue weighted by atomic mass is 19.3. The van der Waals surface area contributed by atoms with Gasteiger partial charge in [0.25, 0.3) is 6.43 Å². The summed E-state index contributed by atoms with van der Waals surface area (Å²) in [5.41, 5.74) is 0.664. The molecule has 76 valence electrons. The van der Waals surface area contributed by atoms with E-state index in [1.807, 2.05) is 0 Å². The topological polar surface area (TPSA) is 41.8 Å². The van der Waals surface area contributed by atoms with Crippen LogP contribution in [0.25, 0.3) is 0 Å². The Labute approximate surface area is 79.6 Å². The molecule has 0 saturated carbocycles. The summed E-state index contributed by atoms with van der Waals surface area (Å²) in [6.07, 6.45) is -1.25. The zero-order chi connectivity index (χ0) is 10.4. The lowest BCUT2D eigenvalue weighted by atomic mass is 10.2. The monoisotopic (exact) mass is 201 g/mol. The van der Waals surface area contributed by atoms with Gasteiger partial charge in [0.15, 0.2) is 0 Å². The Hall–Kier alpha value is -1.65. The third-order valence-electron chi connectivity index (χ3n) is 1.46. The van der Waals surface area contributed by atoms with Gasteiger partial charge in [-0.2, -0.15) is 0 Å². The Bertz CT molecular complexity index is 298. The summed E-state index contributed by atoms with van der Waals surface area (Å²) in [5, 5.41) is 11.0. The number of alkyl halides is 2. The van der Waals surface area contributed by atoms with E-state index < -0.39 is 13.0 Å². The molecule has 14 heavy (non-hydrogen) atoms. The molecule has 0 atom stereocenters. The first kappa shape index (κ1) is 10.4. The minimum atomic E-state index is -2.48. The molecule has 0 amide bonds. The van der Waals surface area contributed by atoms with Crippen molar-refractivity contribution in [2.24, 2.45) is 5.16 Å². The molecule has 0 aliphatic carbocycles. The van der Waals surface area contributed by atoms with Crippen LogP contribution in [0.2, 0.25) is 0 Å². The van der Waals surface area contributed by atoms with Gasteiger partial charge in [0.05, 0.1) is 6.21 Å². The van der Waals surface area contributed by atoms with Crippen molar-refractivity contribution in [1.29, 1.82) is 0 Å². The fraction of sp³-hybridized carbons (Fsp3) is 0.222. The molecular weight excluding hydrogens is 192 g/mol. The van der Waals surface area contributed by atoms with Crippen LogP contribution < -0.4 is 4.74 Å². The van der Waals surface area contributed by atoms with E-state index in [9.17, 15) is 8.78 Å². The first-order valence-corrected chi connectivity index (χ1v) is 3.91. The maximum absolute atomic E-state index is 11.7. The highest BCUT2D eigenvalue weighted by Crippen LogP contribution is 2.11. The predicted octanol–water partition coefficient (Wildman–Crippen LogP) is 2.14. The first-order chi connectivity index (χ1) is 6.72. The van der Waals surface area contributed by atoms with Gasteiger partial charge in [-0.15, -0.1) is 0 Å². The zero-order valence-electron chi connectivity index (χ0n) is 7.23. The van der Waals surface area contributed by atoms with Crippen molar-refractivity contribution in [3.8, 4) is 5.75 Å². The number of hydrogen-bond donors (Lipinski definition) is 1. The molecule has 3 nitrogen and oxygen atoms in total. The Morgan fingerprint density at radius 1 is 1.36 bits per heavy atom. The standard InChI is InChI=1S/C9H9F2NO2/c10-9(11)6-14-8-3-1-7(2-4-8)5-12-13/h1-5,9,13H,6H2/b12-5+. The van der Waals surface area contributed by atoms with Crippen LogP contribution >= 0.6 is 0 Å². The van der Waals surface area contributed by atoms with Crippen molar-refractivity contribution < 1.29 is 18.7 Å². The maximum atomic E-state index is 11.7. The molecule has 1 aromatic carbocycles. The van der Waals surface area contributed by atoms with E-state index in [1.54, 1.807) is 12.1 Å². The number of rotatable bonds is 4. The van der Waals surface area contributed by atoms with Crippen LogP contribution in [0.4, 0.5) is 8.78 Å². The molecule has 1 rings (SSSR count). The van der Waals surface area contributed by atoms with Crippen LogP contribution in [0.5, 0.6) is 5.75 Å². The first-order valence-electron chi connectivity index (χ1n) is 3.91. The van der Waals surface area contributed by atoms with Crippen LogP contribution in [0.1, 0.15) is 5.56 Å². The zero-order valence-corrected chi connectivity index (χ0v) is 7.23. The molecule has 0 fully saturated rings. The minimum absolute atomic E-state index is 0.361. The maximum Gasteiger partial charge on any atom is 0.272 e. The van der Waals surface area contributed by atoms with Gasteiger partial charge in [-0.1, -0.05) is 5.16 Å². The van der Waals surface area contributed by atoms with E-state index in [4.69, 9.17) is 9.94 Å².